The molecule has 0 aromatic rings. The maximum Gasteiger partial charge on any atom is 0.186 e. The van der Waals surface area contributed by atoms with Gasteiger partial charge >= 0.3 is 0 Å². The molecule has 2 nitrogen and oxygen atoms in total. The molecule has 1 heterocycles. The molecule has 1 saturated heterocycles. The zero-order chi connectivity index (χ0) is 5.98. The summed E-state index contributed by atoms with van der Waals surface area (Å²) in [6.07, 6.45) is 0. The maximum atomic E-state index is 10.4. The number of hydrogen-bond acceptors (Lipinski definition) is 3. The number of carbonyl (C=O) groups excluding carboxylic acids is 1. The Balaban J connectivity index is 0.000000640. The van der Waals surface area contributed by atoms with Crippen LogP contribution in [0, 0.1) is 0 Å². The molecule has 0 aromatic carbocycles. The largest absolute Gasteiger partial charge is 0.314 e. The molecule has 0 aliphatic carbocycles. The van der Waals surface area contributed by atoms with Crippen molar-refractivity contribution < 1.29 is 4.79 Å². The van der Waals surface area contributed by atoms with Gasteiger partial charge in [-0.1, -0.05) is 11.8 Å². The van der Waals surface area contributed by atoms with Gasteiger partial charge < -0.3 is 5.32 Å². The first-order valence-electron chi connectivity index (χ1n) is 2.67. The van der Waals surface area contributed by atoms with Crippen LogP contribution in [0.2, 0.25) is 0 Å². The van der Waals surface area contributed by atoms with Gasteiger partial charge in [0, 0.05) is 25.3 Å². The molecule has 0 bridgehead atoms. The number of nitrogens with one attached hydrogen (secondary N) is 1. The summed E-state index contributed by atoms with van der Waals surface area (Å²) in [5, 5.41) is 3.89. The summed E-state index contributed by atoms with van der Waals surface area (Å²) in [5.74, 6) is 0. The van der Waals surface area contributed by atoms with Gasteiger partial charge in [-0.3, -0.25) is 4.79 Å². The van der Waals surface area contributed by atoms with Crippen LogP contribution in [0.4, 0.5) is 0 Å². The quantitative estimate of drug-likeness (QED) is 0.622. The highest BCUT2D eigenvalue weighted by Gasteiger charge is 2.18. The van der Waals surface area contributed by atoms with Crippen molar-refractivity contribution in [3.05, 3.63) is 0 Å². The van der Waals surface area contributed by atoms with Crippen molar-refractivity contribution >= 4 is 29.3 Å². The van der Waals surface area contributed by atoms with Crippen LogP contribution in [0.3, 0.4) is 0 Å². The van der Waals surface area contributed by atoms with Gasteiger partial charge in [0.15, 0.2) is 5.12 Å². The number of thioether (sulfide) groups is 1. The van der Waals surface area contributed by atoms with Crippen LogP contribution in [0.25, 0.3) is 0 Å². The summed E-state index contributed by atoms with van der Waals surface area (Å²) < 4.78 is 0. The fourth-order valence-corrected chi connectivity index (χ4v) is 1.45. The van der Waals surface area contributed by atoms with Crippen molar-refractivity contribution in [1.82, 2.24) is 5.32 Å². The Morgan fingerprint density at radius 2 is 2.22 bits per heavy atom. The Morgan fingerprint density at radius 1 is 1.67 bits per heavy atom. The number of carbonyl (C=O) groups is 1. The lowest BCUT2D eigenvalue weighted by atomic mass is 10.3. The van der Waals surface area contributed by atoms with E-state index in [0.29, 0.717) is 5.25 Å². The number of hydrogen-bond donors (Lipinski definition) is 1. The Hall–Kier alpha value is 0.270. The van der Waals surface area contributed by atoms with Crippen LogP contribution in [0.5, 0.6) is 0 Å². The average Bonchev–Trinajstić information content (AvgIpc) is 1.55. The Morgan fingerprint density at radius 3 is 2.33 bits per heavy atom. The second kappa shape index (κ2) is 4.14. The highest BCUT2D eigenvalue weighted by Crippen LogP contribution is 2.14. The van der Waals surface area contributed by atoms with E-state index in [1.807, 2.05) is 0 Å². The van der Waals surface area contributed by atoms with E-state index in [-0.39, 0.29) is 17.5 Å². The second-order valence-corrected chi connectivity index (χ2v) is 3.37. The minimum Gasteiger partial charge on any atom is -0.314 e. The van der Waals surface area contributed by atoms with Crippen LogP contribution in [0.15, 0.2) is 0 Å². The lowest BCUT2D eigenvalue weighted by Crippen LogP contribution is -2.44. The van der Waals surface area contributed by atoms with Gasteiger partial charge in [-0.15, -0.1) is 12.4 Å². The third kappa shape index (κ3) is 3.08. The molecule has 9 heavy (non-hydrogen) atoms. The van der Waals surface area contributed by atoms with E-state index in [9.17, 15) is 4.79 Å². The van der Waals surface area contributed by atoms with Crippen molar-refractivity contribution in [2.75, 3.05) is 13.1 Å². The van der Waals surface area contributed by atoms with Crippen molar-refractivity contribution in [3.8, 4) is 0 Å². The predicted octanol–water partition coefficient (Wildman–Crippen LogP) is 0.660. The van der Waals surface area contributed by atoms with Crippen LogP contribution in [0.1, 0.15) is 6.92 Å². The molecule has 0 saturated carbocycles. The monoisotopic (exact) mass is 167 g/mol. The molecule has 1 aliphatic heterocycles. The van der Waals surface area contributed by atoms with E-state index in [4.69, 9.17) is 0 Å². The molecule has 54 valence electrons. The van der Waals surface area contributed by atoms with Gasteiger partial charge in [-0.05, 0) is 0 Å². The van der Waals surface area contributed by atoms with E-state index < -0.39 is 0 Å². The van der Waals surface area contributed by atoms with Crippen LogP contribution >= 0.6 is 24.2 Å². The summed E-state index contributed by atoms with van der Waals surface area (Å²) in [5.41, 5.74) is 0. The lowest BCUT2D eigenvalue weighted by Gasteiger charge is -2.24. The Labute approximate surface area is 65.2 Å². The van der Waals surface area contributed by atoms with Crippen molar-refractivity contribution in [2.24, 2.45) is 0 Å². The topological polar surface area (TPSA) is 29.1 Å². The minimum absolute atomic E-state index is 0. The third-order valence-corrected chi connectivity index (χ3v) is 2.08. The van der Waals surface area contributed by atoms with Crippen molar-refractivity contribution in [2.45, 2.75) is 12.2 Å². The van der Waals surface area contributed by atoms with Gasteiger partial charge in [0.1, 0.15) is 0 Å². The molecule has 0 radical (unpaired) electrons. The van der Waals surface area contributed by atoms with Crippen molar-refractivity contribution in [3.63, 3.8) is 0 Å². The van der Waals surface area contributed by atoms with Crippen molar-refractivity contribution in [1.29, 1.82) is 0 Å². The molecule has 0 spiro atoms. The molecule has 0 unspecified atom stereocenters. The normalized spacial score (nSPS) is 17.9. The predicted molar refractivity (Wildman–Crippen MR) is 42.2 cm³/mol. The molecule has 0 amide bonds. The lowest BCUT2D eigenvalue weighted by molar-refractivity contribution is -0.109. The fourth-order valence-electron chi connectivity index (χ4n) is 0.580. The summed E-state index contributed by atoms with van der Waals surface area (Å²) in [7, 11) is 0. The molecule has 1 rings (SSSR count). The summed E-state index contributed by atoms with van der Waals surface area (Å²) in [4.78, 5) is 10.4. The third-order valence-electron chi connectivity index (χ3n) is 1.08. The van der Waals surface area contributed by atoms with Crippen LogP contribution in [-0.2, 0) is 4.79 Å². The van der Waals surface area contributed by atoms with E-state index in [1.165, 1.54) is 11.8 Å². The van der Waals surface area contributed by atoms with Gasteiger partial charge in [0.25, 0.3) is 0 Å². The molecule has 0 aromatic heterocycles. The molecule has 1 fully saturated rings. The molecule has 0 atom stereocenters. The first-order valence-corrected chi connectivity index (χ1v) is 3.55. The first kappa shape index (κ1) is 9.27. The first-order chi connectivity index (χ1) is 3.79. The van der Waals surface area contributed by atoms with Crippen LogP contribution in [-0.4, -0.2) is 23.5 Å². The van der Waals surface area contributed by atoms with Gasteiger partial charge in [-0.2, -0.15) is 0 Å². The second-order valence-electron chi connectivity index (χ2n) is 1.89. The van der Waals surface area contributed by atoms with Gasteiger partial charge in [0.2, 0.25) is 0 Å². The molecular formula is C5H10ClNOS. The van der Waals surface area contributed by atoms with Gasteiger partial charge in [0.05, 0.1) is 0 Å². The van der Waals surface area contributed by atoms with E-state index in [0.717, 1.165) is 13.1 Å². The molecule has 1 aliphatic rings. The standard InChI is InChI=1S/C5H9NOS.ClH/c1-4(7)8-5-2-6-3-5;/h5-6H,2-3H2,1H3;1H. The van der Waals surface area contributed by atoms with E-state index >= 15 is 0 Å². The maximum absolute atomic E-state index is 10.4. The molecule has 4 heteroatoms. The molecular weight excluding hydrogens is 158 g/mol. The molecule has 1 N–H and O–H groups in total. The highest BCUT2D eigenvalue weighted by atomic mass is 35.5. The van der Waals surface area contributed by atoms with E-state index in [1.54, 1.807) is 6.92 Å². The summed E-state index contributed by atoms with van der Waals surface area (Å²) in [6.45, 7) is 3.62. The summed E-state index contributed by atoms with van der Waals surface area (Å²) in [6, 6.07) is 0. The van der Waals surface area contributed by atoms with Gasteiger partial charge in [-0.25, -0.2) is 0 Å². The zero-order valence-corrected chi connectivity index (χ0v) is 6.85. The highest BCUT2D eigenvalue weighted by molar-refractivity contribution is 8.14. The summed E-state index contributed by atoms with van der Waals surface area (Å²) >= 11 is 1.44. The van der Waals surface area contributed by atoms with Crippen LogP contribution < -0.4 is 5.32 Å². The fraction of sp³-hybridized carbons (Fsp3) is 0.800. The smallest absolute Gasteiger partial charge is 0.186 e. The number of halogens is 1. The number of rotatable bonds is 1. The zero-order valence-electron chi connectivity index (χ0n) is 5.22. The minimum atomic E-state index is 0. The Bertz CT molecular complexity index is 105. The average molecular weight is 168 g/mol. The van der Waals surface area contributed by atoms with E-state index in [2.05, 4.69) is 5.32 Å². The Kier molecular flexibility index (Phi) is 4.27. The SMILES string of the molecule is CC(=O)SC1CNC1.Cl.